The molecule has 9 N–H and O–H groups in total. The highest BCUT2D eigenvalue weighted by Gasteiger charge is 2.23. The number of nitrogens with zero attached hydrogens (tertiary/aromatic N) is 3. The van der Waals surface area contributed by atoms with E-state index in [-0.39, 0.29) is 0 Å². The van der Waals surface area contributed by atoms with Crippen molar-refractivity contribution in [2.24, 2.45) is 17.2 Å². The van der Waals surface area contributed by atoms with Crippen molar-refractivity contribution in [2.75, 3.05) is 19.8 Å². The van der Waals surface area contributed by atoms with Gasteiger partial charge in [-0.1, -0.05) is 0 Å². The number of hydrogen-bond acceptors (Lipinski definition) is 15. The van der Waals surface area contributed by atoms with Crippen LogP contribution >= 0.6 is 0 Å². The number of rotatable bonds is 9. The molecule has 0 saturated heterocycles. The van der Waals surface area contributed by atoms with Gasteiger partial charge in [-0.3, -0.25) is 0 Å². The highest BCUT2D eigenvalue weighted by atomic mass is 16.6. The molecule has 0 aromatic carbocycles. The number of hydrogen-bond donors (Lipinski definition) is 6. The van der Waals surface area contributed by atoms with Gasteiger partial charge in [-0.2, -0.15) is 0 Å². The summed E-state index contributed by atoms with van der Waals surface area (Å²) in [5, 5.41) is 26.4. The molecule has 0 aliphatic rings. The van der Waals surface area contributed by atoms with Gasteiger partial charge in [0, 0.05) is 0 Å². The molecule has 15 nitrogen and oxygen atoms in total. The van der Waals surface area contributed by atoms with Gasteiger partial charge >= 0.3 is 35.9 Å². The van der Waals surface area contributed by atoms with Gasteiger partial charge in [-0.05, 0) is 0 Å². The molecule has 0 aliphatic heterocycles. The topological polar surface area (TPSA) is 256 Å². The highest BCUT2D eigenvalue weighted by molar-refractivity contribution is 5.79. The lowest BCUT2D eigenvalue weighted by Gasteiger charge is -2.11. The number of carbonyl (C=O) groups is 3. The molecule has 27 heavy (non-hydrogen) atoms. The number of nitrogens with two attached hydrogens (primary N) is 3. The number of aromatic nitrogens is 3. The minimum Gasteiger partial charge on any atom is -0.394 e. The van der Waals surface area contributed by atoms with E-state index in [9.17, 15) is 14.4 Å². The Morgan fingerprint density at radius 3 is 1.07 bits per heavy atom. The van der Waals surface area contributed by atoms with Crippen LogP contribution in [0.4, 0.5) is 0 Å². The molecule has 1 aromatic rings. The predicted molar refractivity (Wildman–Crippen MR) is 81.9 cm³/mol. The Morgan fingerprint density at radius 1 is 0.667 bits per heavy atom. The van der Waals surface area contributed by atoms with Gasteiger partial charge in [0.05, 0.1) is 19.8 Å². The second-order valence-electron chi connectivity index (χ2n) is 4.81. The fraction of sp³-hybridized carbons (Fsp3) is 0.500. The molecule has 0 saturated carbocycles. The third-order valence-corrected chi connectivity index (χ3v) is 2.65. The quantitative estimate of drug-likeness (QED) is 0.215. The molecule has 0 spiro atoms. The molecule has 0 amide bonds. The van der Waals surface area contributed by atoms with Gasteiger partial charge in [0.2, 0.25) is 0 Å². The molecule has 0 bridgehead atoms. The molecule has 1 aromatic heterocycles. The van der Waals surface area contributed by atoms with Crippen LogP contribution < -0.4 is 31.4 Å². The monoisotopic (exact) mass is 390 g/mol. The van der Waals surface area contributed by atoms with Gasteiger partial charge in [-0.25, -0.2) is 14.4 Å². The van der Waals surface area contributed by atoms with Crippen LogP contribution in [0.15, 0.2) is 0 Å². The largest absolute Gasteiger partial charge is 0.394 e. The first kappa shape index (κ1) is 22.2. The molecule has 1 rings (SSSR count). The summed E-state index contributed by atoms with van der Waals surface area (Å²) < 4.78 is 14.0. The standard InChI is InChI=1S/C12H18N6O9/c13-4(1-19)7(22)25-10-16-11(26-8(23)5(14)2-20)18-12(17-10)27-9(24)6(15)3-21/h4-6,19-21H,1-3,13-15H2/t4-,5-,6-/m0/s1. The molecule has 1 heterocycles. The molecule has 3 atom stereocenters. The minimum atomic E-state index is -1.43. The Morgan fingerprint density at radius 2 is 0.889 bits per heavy atom. The van der Waals surface area contributed by atoms with E-state index in [0.29, 0.717) is 0 Å². The van der Waals surface area contributed by atoms with Gasteiger partial charge in [-0.15, -0.1) is 15.0 Å². The lowest BCUT2D eigenvalue weighted by molar-refractivity contribution is -0.137. The third kappa shape index (κ3) is 6.77. The van der Waals surface area contributed by atoms with E-state index in [1.807, 2.05) is 0 Å². The Kier molecular flexibility index (Phi) is 8.52. The first-order chi connectivity index (χ1) is 12.7. The lowest BCUT2D eigenvalue weighted by atomic mass is 10.3. The smallest absolute Gasteiger partial charge is 0.333 e. The fourth-order valence-electron chi connectivity index (χ4n) is 1.18. The molecule has 0 radical (unpaired) electrons. The van der Waals surface area contributed by atoms with Gasteiger partial charge in [0.25, 0.3) is 0 Å². The number of esters is 3. The molecule has 150 valence electrons. The summed E-state index contributed by atoms with van der Waals surface area (Å²) in [4.78, 5) is 45.2. The first-order valence-corrected chi connectivity index (χ1v) is 7.22. The maximum absolute atomic E-state index is 11.6. The lowest BCUT2D eigenvalue weighted by Crippen LogP contribution is -2.39. The molecule has 0 aliphatic carbocycles. The van der Waals surface area contributed by atoms with Crippen molar-refractivity contribution in [1.82, 2.24) is 15.0 Å². The van der Waals surface area contributed by atoms with E-state index >= 15 is 0 Å². The summed E-state index contributed by atoms with van der Waals surface area (Å²) in [6.45, 7) is -2.24. The molecular weight excluding hydrogens is 372 g/mol. The second kappa shape index (κ2) is 10.4. The maximum Gasteiger partial charge on any atom is 0.333 e. The van der Waals surface area contributed by atoms with Crippen LogP contribution in [0.1, 0.15) is 0 Å². The maximum atomic E-state index is 11.6. The van der Waals surface area contributed by atoms with E-state index in [4.69, 9.17) is 32.5 Å². The van der Waals surface area contributed by atoms with E-state index in [2.05, 4.69) is 29.2 Å². The normalized spacial score (nSPS) is 14.0. The van der Waals surface area contributed by atoms with Crippen LogP contribution in [-0.2, 0) is 14.4 Å². The molecule has 0 fully saturated rings. The number of carbonyl (C=O) groups excluding carboxylic acids is 3. The van der Waals surface area contributed by atoms with E-state index < -0.39 is 73.9 Å². The summed E-state index contributed by atoms with van der Waals surface area (Å²) in [5.74, 6) is -3.47. The SMILES string of the molecule is N[C@@H](CO)C(=O)Oc1nc(OC(=O)[C@@H](N)CO)nc(OC(=O)[C@@H](N)CO)n1. The average Bonchev–Trinajstić information content (AvgIpc) is 2.65. The zero-order valence-electron chi connectivity index (χ0n) is 13.7. The first-order valence-electron chi connectivity index (χ1n) is 7.22. The Bertz CT molecular complexity index is 585. The fourth-order valence-corrected chi connectivity index (χ4v) is 1.18. The van der Waals surface area contributed by atoms with Gasteiger partial charge in [0.15, 0.2) is 0 Å². The van der Waals surface area contributed by atoms with Gasteiger partial charge < -0.3 is 46.7 Å². The Balaban J connectivity index is 3.11. The summed E-state index contributed by atoms with van der Waals surface area (Å²) >= 11 is 0. The number of aliphatic hydroxyl groups excluding tert-OH is 3. The van der Waals surface area contributed by atoms with Crippen molar-refractivity contribution >= 4 is 17.9 Å². The molecular formula is C12H18N6O9. The molecule has 15 heteroatoms. The van der Waals surface area contributed by atoms with Crippen LogP contribution in [0.2, 0.25) is 0 Å². The Hall–Kier alpha value is -2.82. The van der Waals surface area contributed by atoms with Gasteiger partial charge in [0.1, 0.15) is 18.1 Å². The third-order valence-electron chi connectivity index (χ3n) is 2.65. The van der Waals surface area contributed by atoms with Crippen LogP contribution in [0.5, 0.6) is 18.0 Å². The van der Waals surface area contributed by atoms with E-state index in [0.717, 1.165) is 0 Å². The highest BCUT2D eigenvalue weighted by Crippen LogP contribution is 2.16. The summed E-state index contributed by atoms with van der Waals surface area (Å²) in [7, 11) is 0. The van der Waals surface area contributed by atoms with Crippen LogP contribution in [-0.4, -0.2) is 86.1 Å². The Labute approximate surface area is 151 Å². The van der Waals surface area contributed by atoms with Crippen LogP contribution in [0.25, 0.3) is 0 Å². The summed E-state index contributed by atoms with van der Waals surface area (Å²) in [6, 6.07) is -6.66. The van der Waals surface area contributed by atoms with Crippen molar-refractivity contribution in [3.05, 3.63) is 0 Å². The predicted octanol–water partition coefficient (Wildman–Crippen LogP) is -5.45. The van der Waals surface area contributed by atoms with Crippen molar-refractivity contribution in [3.63, 3.8) is 0 Å². The molecule has 0 unspecified atom stereocenters. The van der Waals surface area contributed by atoms with Crippen molar-refractivity contribution in [3.8, 4) is 18.0 Å². The summed E-state index contributed by atoms with van der Waals surface area (Å²) in [6.07, 6.45) is 0. The van der Waals surface area contributed by atoms with E-state index in [1.54, 1.807) is 0 Å². The van der Waals surface area contributed by atoms with Crippen molar-refractivity contribution in [2.45, 2.75) is 18.1 Å². The van der Waals surface area contributed by atoms with Crippen LogP contribution in [0, 0.1) is 0 Å². The zero-order chi connectivity index (χ0) is 20.6. The summed E-state index contributed by atoms with van der Waals surface area (Å²) in [5.41, 5.74) is 15.8. The van der Waals surface area contributed by atoms with Crippen molar-refractivity contribution in [1.29, 1.82) is 0 Å². The van der Waals surface area contributed by atoms with Crippen molar-refractivity contribution < 1.29 is 43.9 Å². The van der Waals surface area contributed by atoms with E-state index in [1.165, 1.54) is 0 Å². The van der Waals surface area contributed by atoms with Crippen LogP contribution in [0.3, 0.4) is 0 Å². The minimum absolute atomic E-state index is 0.746. The number of ether oxygens (including phenoxy) is 3. The second-order valence-corrected chi connectivity index (χ2v) is 4.81. The zero-order valence-corrected chi connectivity index (χ0v) is 13.7. The average molecular weight is 390 g/mol. The number of aliphatic hydroxyl groups is 3.